The van der Waals surface area contributed by atoms with Crippen LogP contribution in [0.25, 0.3) is 0 Å². The molecule has 0 bridgehead atoms. The predicted molar refractivity (Wildman–Crippen MR) is 55.2 cm³/mol. The normalized spacial score (nSPS) is 13.7. The minimum absolute atomic E-state index is 0.671. The van der Waals surface area contributed by atoms with Crippen LogP contribution in [0.2, 0.25) is 0 Å². The molecule has 1 aromatic rings. The highest BCUT2D eigenvalue weighted by atomic mass is 19.1. The van der Waals surface area contributed by atoms with Gasteiger partial charge in [0.15, 0.2) is 0 Å². The van der Waals surface area contributed by atoms with Crippen LogP contribution in [0.4, 0.5) is 4.39 Å². The van der Waals surface area contributed by atoms with Crippen molar-refractivity contribution < 1.29 is 9.18 Å². The Bertz CT molecular complexity index is 308. The Morgan fingerprint density at radius 2 is 1.79 bits per heavy atom. The topological polar surface area (TPSA) is 17.1 Å². The maximum absolute atomic E-state index is 13.6. The van der Waals surface area contributed by atoms with Crippen LogP contribution < -0.4 is 0 Å². The van der Waals surface area contributed by atoms with Crippen LogP contribution in [0.1, 0.15) is 30.9 Å². The lowest BCUT2D eigenvalue weighted by molar-refractivity contribution is -0.111. The summed E-state index contributed by atoms with van der Waals surface area (Å²) in [5.41, 5.74) is 0.338. The molecular formula is C12H15FO. The lowest BCUT2D eigenvalue weighted by atomic mass is 9.87. The van der Waals surface area contributed by atoms with Gasteiger partial charge in [-0.3, -0.25) is 0 Å². The summed E-state index contributed by atoms with van der Waals surface area (Å²) in [5.74, 6) is -0.678. The van der Waals surface area contributed by atoms with Crippen LogP contribution in [0.3, 0.4) is 0 Å². The number of halogens is 1. The van der Waals surface area contributed by atoms with Gasteiger partial charge in [-0.2, -0.15) is 0 Å². The van der Waals surface area contributed by atoms with Gasteiger partial charge in [0.25, 0.3) is 0 Å². The Morgan fingerprint density at radius 1 is 1.29 bits per heavy atom. The van der Waals surface area contributed by atoms with E-state index in [2.05, 4.69) is 0 Å². The van der Waals surface area contributed by atoms with Gasteiger partial charge in [-0.1, -0.05) is 29.8 Å². The second kappa shape index (κ2) is 3.91. The van der Waals surface area contributed by atoms with Crippen LogP contribution in [0.15, 0.2) is 24.3 Å². The van der Waals surface area contributed by atoms with Crippen molar-refractivity contribution in [2.24, 2.45) is 0 Å². The first-order chi connectivity index (χ1) is 6.45. The average molecular weight is 194 g/mol. The van der Waals surface area contributed by atoms with Crippen molar-refractivity contribution in [2.45, 2.75) is 32.4 Å². The highest BCUT2D eigenvalue weighted by Gasteiger charge is 2.29. The molecular weight excluding hydrogens is 179 g/mol. The summed E-state index contributed by atoms with van der Waals surface area (Å²) in [5, 5.41) is 0. The Kier molecular flexibility index (Phi) is 3.04. The van der Waals surface area contributed by atoms with Crippen molar-refractivity contribution in [1.29, 1.82) is 0 Å². The highest BCUT2D eigenvalue weighted by Crippen LogP contribution is 2.29. The molecule has 1 unspecified atom stereocenters. The van der Waals surface area contributed by atoms with Crippen LogP contribution in [0.5, 0.6) is 0 Å². The van der Waals surface area contributed by atoms with E-state index in [1.54, 1.807) is 12.1 Å². The van der Waals surface area contributed by atoms with Crippen LogP contribution >= 0.6 is 0 Å². The minimum Gasteiger partial charge on any atom is -0.303 e. The zero-order chi connectivity index (χ0) is 10.8. The molecule has 0 aliphatic rings. The smallest absolute Gasteiger partial charge is 0.130 e. The molecule has 1 nitrogen and oxygen atoms in total. The molecule has 1 atom stereocenters. The second-order valence-corrected chi connectivity index (χ2v) is 4.09. The van der Waals surface area contributed by atoms with E-state index in [4.69, 9.17) is 0 Å². The number of hydrogen-bond acceptors (Lipinski definition) is 1. The number of rotatable bonds is 3. The Hall–Kier alpha value is -1.18. The monoisotopic (exact) mass is 194 g/mol. The number of alkyl halides is 1. The van der Waals surface area contributed by atoms with E-state index in [1.807, 2.05) is 19.1 Å². The zero-order valence-corrected chi connectivity index (χ0v) is 8.75. The van der Waals surface area contributed by atoms with E-state index < -0.39 is 11.6 Å². The fraction of sp³-hybridized carbons (Fsp3) is 0.417. The molecule has 1 aromatic carbocycles. The molecule has 76 valence electrons. The first kappa shape index (κ1) is 10.9. The fourth-order valence-corrected chi connectivity index (χ4v) is 1.41. The lowest BCUT2D eigenvalue weighted by Crippen LogP contribution is -2.24. The molecule has 1 rings (SSSR count). The molecule has 0 fully saturated rings. The molecule has 14 heavy (non-hydrogen) atoms. The summed E-state index contributed by atoms with van der Waals surface area (Å²) in [6.07, 6.45) is 0.671. The molecule has 0 aromatic heterocycles. The highest BCUT2D eigenvalue weighted by molar-refractivity contribution is 5.64. The van der Waals surface area contributed by atoms with Crippen molar-refractivity contribution >= 4 is 6.29 Å². The van der Waals surface area contributed by atoms with Gasteiger partial charge in [-0.25, -0.2) is 4.39 Å². The first-order valence-corrected chi connectivity index (χ1v) is 4.66. The van der Waals surface area contributed by atoms with E-state index in [-0.39, 0.29) is 0 Å². The van der Waals surface area contributed by atoms with Gasteiger partial charge in [-0.05, 0) is 26.3 Å². The summed E-state index contributed by atoms with van der Waals surface area (Å²) >= 11 is 0. The van der Waals surface area contributed by atoms with E-state index in [0.29, 0.717) is 6.29 Å². The number of hydrogen-bond donors (Lipinski definition) is 0. The number of aryl methyl sites for hydroxylation is 1. The summed E-state index contributed by atoms with van der Waals surface area (Å²) in [7, 11) is 0. The van der Waals surface area contributed by atoms with Crippen molar-refractivity contribution in [2.75, 3.05) is 0 Å². The largest absolute Gasteiger partial charge is 0.303 e. The molecule has 0 aliphatic heterocycles. The quantitative estimate of drug-likeness (QED) is 0.676. The van der Waals surface area contributed by atoms with Gasteiger partial charge in [0.1, 0.15) is 12.0 Å². The number of aldehydes is 1. The van der Waals surface area contributed by atoms with E-state index in [1.165, 1.54) is 13.8 Å². The SMILES string of the molecule is Cc1ccc(C(C=O)C(C)(C)F)cc1. The number of benzene rings is 1. The molecule has 0 heterocycles. The summed E-state index contributed by atoms with van der Waals surface area (Å²) in [6.45, 7) is 4.80. The van der Waals surface area contributed by atoms with Crippen molar-refractivity contribution in [3.63, 3.8) is 0 Å². The van der Waals surface area contributed by atoms with Gasteiger partial charge in [0, 0.05) is 0 Å². The number of carbonyl (C=O) groups is 1. The minimum atomic E-state index is -1.50. The van der Waals surface area contributed by atoms with Gasteiger partial charge < -0.3 is 4.79 Å². The van der Waals surface area contributed by atoms with Crippen LogP contribution in [-0.2, 0) is 4.79 Å². The molecule has 0 N–H and O–H groups in total. The third kappa shape index (κ3) is 2.41. The lowest BCUT2D eigenvalue weighted by Gasteiger charge is -2.22. The molecule has 0 saturated heterocycles. The van der Waals surface area contributed by atoms with Crippen molar-refractivity contribution in [1.82, 2.24) is 0 Å². The average Bonchev–Trinajstić information content (AvgIpc) is 2.07. The van der Waals surface area contributed by atoms with Crippen molar-refractivity contribution in [3.05, 3.63) is 35.4 Å². The molecule has 0 saturated carbocycles. The Morgan fingerprint density at radius 3 is 2.14 bits per heavy atom. The van der Waals surface area contributed by atoms with Gasteiger partial charge >= 0.3 is 0 Å². The van der Waals surface area contributed by atoms with E-state index in [0.717, 1.165) is 11.1 Å². The second-order valence-electron chi connectivity index (χ2n) is 4.09. The third-order valence-corrected chi connectivity index (χ3v) is 2.31. The van der Waals surface area contributed by atoms with Gasteiger partial charge in [-0.15, -0.1) is 0 Å². The predicted octanol–water partition coefficient (Wildman–Crippen LogP) is 3.03. The molecule has 0 spiro atoms. The molecule has 2 heteroatoms. The van der Waals surface area contributed by atoms with Crippen LogP contribution in [0, 0.1) is 6.92 Å². The first-order valence-electron chi connectivity index (χ1n) is 4.66. The standard InChI is InChI=1S/C12H15FO/c1-9-4-6-10(7-5-9)11(8-14)12(2,3)13/h4-8,11H,1-3H3. The van der Waals surface area contributed by atoms with Crippen LogP contribution in [-0.4, -0.2) is 12.0 Å². The number of carbonyl (C=O) groups excluding carboxylic acids is 1. The maximum atomic E-state index is 13.6. The van der Waals surface area contributed by atoms with E-state index >= 15 is 0 Å². The Balaban J connectivity index is 3.02. The maximum Gasteiger partial charge on any atom is 0.130 e. The summed E-state index contributed by atoms with van der Waals surface area (Å²) in [6, 6.07) is 7.38. The van der Waals surface area contributed by atoms with Gasteiger partial charge in [0.2, 0.25) is 0 Å². The molecule has 0 aliphatic carbocycles. The van der Waals surface area contributed by atoms with Crippen molar-refractivity contribution in [3.8, 4) is 0 Å². The Labute approximate surface area is 83.9 Å². The van der Waals surface area contributed by atoms with E-state index in [9.17, 15) is 9.18 Å². The molecule has 0 radical (unpaired) electrons. The zero-order valence-electron chi connectivity index (χ0n) is 8.75. The molecule has 0 amide bonds. The third-order valence-electron chi connectivity index (χ3n) is 2.31. The summed E-state index contributed by atoms with van der Waals surface area (Å²) < 4.78 is 13.6. The fourth-order valence-electron chi connectivity index (χ4n) is 1.41. The van der Waals surface area contributed by atoms with Gasteiger partial charge in [0.05, 0.1) is 5.92 Å². The summed E-state index contributed by atoms with van der Waals surface area (Å²) in [4.78, 5) is 10.8.